The van der Waals surface area contributed by atoms with Gasteiger partial charge in [0.15, 0.2) is 11.6 Å². The Labute approximate surface area is 111 Å². The van der Waals surface area contributed by atoms with Crippen molar-refractivity contribution >= 4 is 11.6 Å². The Morgan fingerprint density at radius 2 is 1.84 bits per heavy atom. The van der Waals surface area contributed by atoms with E-state index >= 15 is 0 Å². The fourth-order valence-corrected chi connectivity index (χ4v) is 2.25. The molecule has 1 aliphatic rings. The number of nitrogen functional groups attached to an aromatic ring is 1. The van der Waals surface area contributed by atoms with Crippen LogP contribution >= 0.6 is 0 Å². The zero-order valence-corrected chi connectivity index (χ0v) is 11.3. The number of rotatable bonds is 5. The summed E-state index contributed by atoms with van der Waals surface area (Å²) in [4.78, 5) is 10.3. The highest BCUT2D eigenvalue weighted by molar-refractivity contribution is 5.64. The molecule has 0 spiro atoms. The number of hydrogen-bond donors (Lipinski definition) is 2. The van der Waals surface area contributed by atoms with Crippen LogP contribution in [0.4, 0.5) is 11.6 Å². The molecule has 0 amide bonds. The van der Waals surface area contributed by atoms with Crippen LogP contribution in [0.3, 0.4) is 0 Å². The summed E-state index contributed by atoms with van der Waals surface area (Å²) in [6, 6.07) is 0. The fourth-order valence-electron chi connectivity index (χ4n) is 2.25. The van der Waals surface area contributed by atoms with Crippen molar-refractivity contribution in [2.75, 3.05) is 44.7 Å². The number of aromatic nitrogens is 2. The number of anilines is 2. The van der Waals surface area contributed by atoms with E-state index in [4.69, 9.17) is 20.1 Å². The lowest BCUT2D eigenvalue weighted by Crippen LogP contribution is -2.27. The molecule has 0 aliphatic carbocycles. The van der Waals surface area contributed by atoms with Crippen molar-refractivity contribution in [1.29, 1.82) is 0 Å². The Balaban J connectivity index is 2.28. The highest BCUT2D eigenvalue weighted by Gasteiger charge is 2.35. The first kappa shape index (κ1) is 13.8. The summed E-state index contributed by atoms with van der Waals surface area (Å²) in [5, 5.41) is 0. The second kappa shape index (κ2) is 6.00. The van der Waals surface area contributed by atoms with Crippen LogP contribution in [0.2, 0.25) is 0 Å². The predicted octanol–water partition coefficient (Wildman–Crippen LogP) is -0.379. The first-order chi connectivity index (χ1) is 9.24. The van der Waals surface area contributed by atoms with Gasteiger partial charge in [0.2, 0.25) is 5.75 Å². The maximum Gasteiger partial charge on any atom is 0.205 e. The van der Waals surface area contributed by atoms with Gasteiger partial charge in [0.1, 0.15) is 18.5 Å². The van der Waals surface area contributed by atoms with Gasteiger partial charge in [-0.2, -0.15) is 0 Å². The minimum atomic E-state index is -0.000966. The maximum atomic E-state index is 5.41. The highest BCUT2D eigenvalue weighted by atomic mass is 16.5. The lowest BCUT2D eigenvalue weighted by Gasteiger charge is -2.20. The number of nitrogens with two attached hydrogens (primary N) is 1. The second-order valence-electron chi connectivity index (χ2n) is 4.18. The molecule has 2 rings (SSSR count). The minimum Gasteiger partial charge on any atom is -0.490 e. The summed E-state index contributed by atoms with van der Waals surface area (Å²) in [6.45, 7) is 1.35. The van der Waals surface area contributed by atoms with Gasteiger partial charge in [-0.15, -0.1) is 0 Å². The van der Waals surface area contributed by atoms with Gasteiger partial charge in [-0.3, -0.25) is 0 Å². The van der Waals surface area contributed by atoms with Crippen molar-refractivity contribution < 1.29 is 14.2 Å². The van der Waals surface area contributed by atoms with Crippen LogP contribution < -0.4 is 20.9 Å². The smallest absolute Gasteiger partial charge is 0.205 e. The first-order valence-electron chi connectivity index (χ1n) is 5.91. The van der Waals surface area contributed by atoms with Gasteiger partial charge < -0.3 is 24.5 Å². The Bertz CT molecular complexity index is 419. The van der Waals surface area contributed by atoms with Gasteiger partial charge in [-0.05, 0) is 0 Å². The summed E-state index contributed by atoms with van der Waals surface area (Å²) in [7, 11) is 4.90. The Morgan fingerprint density at radius 1 is 1.21 bits per heavy atom. The van der Waals surface area contributed by atoms with E-state index < -0.39 is 0 Å². The molecule has 2 atom stereocenters. The minimum absolute atomic E-state index is 0.000966. The third-order valence-corrected chi connectivity index (χ3v) is 3.25. The summed E-state index contributed by atoms with van der Waals surface area (Å²) in [5.74, 6) is 7.04. The fraction of sp³-hybridized carbons (Fsp3) is 0.636. The van der Waals surface area contributed by atoms with E-state index in [1.54, 1.807) is 21.3 Å². The van der Waals surface area contributed by atoms with Gasteiger partial charge in [-0.1, -0.05) is 0 Å². The average Bonchev–Trinajstić information content (AvgIpc) is 2.89. The first-order valence-corrected chi connectivity index (χ1v) is 5.91. The molecule has 2 heterocycles. The Kier molecular flexibility index (Phi) is 4.35. The van der Waals surface area contributed by atoms with E-state index in [0.29, 0.717) is 30.5 Å². The van der Waals surface area contributed by atoms with Gasteiger partial charge >= 0.3 is 0 Å². The van der Waals surface area contributed by atoms with Crippen LogP contribution in [-0.2, 0) is 9.47 Å². The van der Waals surface area contributed by atoms with Gasteiger partial charge in [-0.25, -0.2) is 15.8 Å². The van der Waals surface area contributed by atoms with Crippen molar-refractivity contribution in [1.82, 2.24) is 9.97 Å². The number of nitrogens with zero attached hydrogens (tertiary/aromatic N) is 3. The SMILES string of the molecule is COc1c(NN)ncnc1N1CC(OC)C(OC)C1. The molecule has 19 heavy (non-hydrogen) atoms. The number of nitrogens with one attached hydrogen (secondary N) is 1. The zero-order chi connectivity index (χ0) is 13.8. The van der Waals surface area contributed by atoms with Gasteiger partial charge in [0.05, 0.1) is 7.11 Å². The molecule has 1 aromatic rings. The molecule has 3 N–H and O–H groups in total. The summed E-state index contributed by atoms with van der Waals surface area (Å²) in [5.41, 5.74) is 2.50. The third-order valence-electron chi connectivity index (χ3n) is 3.25. The van der Waals surface area contributed by atoms with Crippen molar-refractivity contribution in [3.05, 3.63) is 6.33 Å². The lowest BCUT2D eigenvalue weighted by molar-refractivity contribution is -0.00461. The number of methoxy groups -OCH3 is 3. The van der Waals surface area contributed by atoms with E-state index in [1.807, 2.05) is 4.90 Å². The van der Waals surface area contributed by atoms with Crippen molar-refractivity contribution in [2.24, 2.45) is 5.84 Å². The topological polar surface area (TPSA) is 94.8 Å². The van der Waals surface area contributed by atoms with Crippen molar-refractivity contribution in [3.8, 4) is 5.75 Å². The molecular weight excluding hydrogens is 250 g/mol. The molecule has 0 radical (unpaired) electrons. The van der Waals surface area contributed by atoms with Crippen LogP contribution in [0, 0.1) is 0 Å². The summed E-state index contributed by atoms with van der Waals surface area (Å²) >= 11 is 0. The predicted molar refractivity (Wildman–Crippen MR) is 70.2 cm³/mol. The second-order valence-corrected chi connectivity index (χ2v) is 4.18. The van der Waals surface area contributed by atoms with Crippen LogP contribution in [-0.4, -0.2) is 56.6 Å². The highest BCUT2D eigenvalue weighted by Crippen LogP contribution is 2.33. The largest absolute Gasteiger partial charge is 0.490 e. The third kappa shape index (κ3) is 2.55. The molecule has 0 aromatic carbocycles. The average molecular weight is 269 g/mol. The molecule has 1 saturated heterocycles. The van der Waals surface area contributed by atoms with E-state index in [0.717, 1.165) is 0 Å². The van der Waals surface area contributed by atoms with E-state index in [-0.39, 0.29) is 12.2 Å². The summed E-state index contributed by atoms with van der Waals surface area (Å²) in [6.07, 6.45) is 1.44. The van der Waals surface area contributed by atoms with E-state index in [1.165, 1.54) is 6.33 Å². The number of hydrazine groups is 1. The van der Waals surface area contributed by atoms with Gasteiger partial charge in [0.25, 0.3) is 0 Å². The zero-order valence-electron chi connectivity index (χ0n) is 11.3. The lowest BCUT2D eigenvalue weighted by atomic mass is 10.3. The van der Waals surface area contributed by atoms with E-state index in [2.05, 4.69) is 15.4 Å². The molecule has 1 aliphatic heterocycles. The van der Waals surface area contributed by atoms with Crippen LogP contribution in [0.25, 0.3) is 0 Å². The van der Waals surface area contributed by atoms with Gasteiger partial charge in [0, 0.05) is 27.3 Å². The molecule has 1 fully saturated rings. The number of ether oxygens (including phenoxy) is 3. The monoisotopic (exact) mass is 269 g/mol. The standard InChI is InChI=1S/C11H19N5O3/c1-17-7-4-16(5-8(7)18-2)11-9(19-3)10(15-12)13-6-14-11/h6-8H,4-5,12H2,1-3H3,(H,13,14,15). The molecule has 8 heteroatoms. The van der Waals surface area contributed by atoms with E-state index in [9.17, 15) is 0 Å². The van der Waals surface area contributed by atoms with Crippen molar-refractivity contribution in [2.45, 2.75) is 12.2 Å². The Hall–Kier alpha value is -1.64. The quantitative estimate of drug-likeness (QED) is 0.552. The maximum absolute atomic E-state index is 5.41. The molecule has 8 nitrogen and oxygen atoms in total. The van der Waals surface area contributed by atoms with Crippen LogP contribution in [0.15, 0.2) is 6.33 Å². The molecule has 106 valence electrons. The molecular formula is C11H19N5O3. The van der Waals surface area contributed by atoms with Crippen LogP contribution in [0.1, 0.15) is 0 Å². The van der Waals surface area contributed by atoms with Crippen LogP contribution in [0.5, 0.6) is 5.75 Å². The Morgan fingerprint density at radius 3 is 2.32 bits per heavy atom. The summed E-state index contributed by atoms with van der Waals surface area (Å²) < 4.78 is 16.1. The number of hydrogen-bond acceptors (Lipinski definition) is 8. The molecule has 0 bridgehead atoms. The normalized spacial score (nSPS) is 22.6. The molecule has 2 unspecified atom stereocenters. The molecule has 1 aromatic heterocycles. The van der Waals surface area contributed by atoms with Crippen molar-refractivity contribution in [3.63, 3.8) is 0 Å². The molecule has 0 saturated carbocycles.